The van der Waals surface area contributed by atoms with Gasteiger partial charge in [0, 0.05) is 31.8 Å². The predicted molar refractivity (Wildman–Crippen MR) is 106 cm³/mol. The van der Waals surface area contributed by atoms with Gasteiger partial charge in [0.1, 0.15) is 11.5 Å². The van der Waals surface area contributed by atoms with Gasteiger partial charge in [0.05, 0.1) is 22.5 Å². The Morgan fingerprint density at radius 3 is 2.75 bits per heavy atom. The standard InChI is InChI=1S/C20H21N5O3/c1-23(12-19-22-15-5-3-4-6-16(15)24(19)2)17-10-7-13(11-18(17)25(27)28)20(26)21-14-8-9-14/h3-7,10-11,14H,8-9,12H2,1-2H3,(H,21,26). The second kappa shape index (κ2) is 6.95. The third-order valence-corrected chi connectivity index (χ3v) is 5.02. The molecule has 1 aromatic heterocycles. The highest BCUT2D eigenvalue weighted by atomic mass is 16.6. The SMILES string of the molecule is CN(Cc1nc2ccccc2n1C)c1ccc(C(=O)NC2CC2)cc1[N+](=O)[O-]. The van der Waals surface area contributed by atoms with Gasteiger partial charge in [-0.1, -0.05) is 12.1 Å². The normalized spacial score (nSPS) is 13.5. The number of para-hydroxylation sites is 2. The van der Waals surface area contributed by atoms with Gasteiger partial charge in [0.25, 0.3) is 11.6 Å². The zero-order valence-corrected chi connectivity index (χ0v) is 15.8. The van der Waals surface area contributed by atoms with Gasteiger partial charge >= 0.3 is 0 Å². The number of benzene rings is 2. The number of aromatic nitrogens is 2. The number of nitrogens with zero attached hydrogens (tertiary/aromatic N) is 4. The second-order valence-electron chi connectivity index (χ2n) is 7.14. The summed E-state index contributed by atoms with van der Waals surface area (Å²) in [6.07, 6.45) is 1.93. The Morgan fingerprint density at radius 1 is 1.32 bits per heavy atom. The Balaban J connectivity index is 1.62. The van der Waals surface area contributed by atoms with Crippen LogP contribution in [0.2, 0.25) is 0 Å². The largest absolute Gasteiger partial charge is 0.362 e. The molecule has 0 bridgehead atoms. The smallest absolute Gasteiger partial charge is 0.293 e. The third-order valence-electron chi connectivity index (χ3n) is 5.02. The van der Waals surface area contributed by atoms with E-state index in [-0.39, 0.29) is 17.6 Å². The van der Waals surface area contributed by atoms with Crippen LogP contribution in [0.3, 0.4) is 0 Å². The topological polar surface area (TPSA) is 93.3 Å². The summed E-state index contributed by atoms with van der Waals surface area (Å²) in [6, 6.07) is 12.6. The number of rotatable bonds is 6. The highest BCUT2D eigenvalue weighted by Crippen LogP contribution is 2.30. The maximum Gasteiger partial charge on any atom is 0.293 e. The average Bonchev–Trinajstić information content (AvgIpc) is 3.45. The molecule has 3 aromatic rings. The van der Waals surface area contributed by atoms with Gasteiger partial charge in [0.2, 0.25) is 0 Å². The van der Waals surface area contributed by atoms with Crippen LogP contribution in [0.5, 0.6) is 0 Å². The van der Waals surface area contributed by atoms with Crippen molar-refractivity contribution in [3.63, 3.8) is 0 Å². The van der Waals surface area contributed by atoms with Crippen molar-refractivity contribution in [3.8, 4) is 0 Å². The van der Waals surface area contributed by atoms with Crippen molar-refractivity contribution in [2.24, 2.45) is 7.05 Å². The van der Waals surface area contributed by atoms with Gasteiger partial charge in [-0.3, -0.25) is 14.9 Å². The molecule has 1 N–H and O–H groups in total. The van der Waals surface area contributed by atoms with Crippen LogP contribution in [0, 0.1) is 10.1 Å². The molecule has 1 amide bonds. The number of amides is 1. The van der Waals surface area contributed by atoms with E-state index in [1.165, 1.54) is 6.07 Å². The fraction of sp³-hybridized carbons (Fsp3) is 0.300. The second-order valence-corrected chi connectivity index (χ2v) is 7.14. The van der Waals surface area contributed by atoms with E-state index >= 15 is 0 Å². The number of aryl methyl sites for hydroxylation is 1. The monoisotopic (exact) mass is 379 g/mol. The summed E-state index contributed by atoms with van der Waals surface area (Å²) in [7, 11) is 3.71. The predicted octanol–water partition coefficient (Wildman–Crippen LogP) is 3.01. The fourth-order valence-corrected chi connectivity index (χ4v) is 3.26. The third kappa shape index (κ3) is 3.40. The first-order valence-corrected chi connectivity index (χ1v) is 9.15. The zero-order chi connectivity index (χ0) is 19.8. The number of carbonyl (C=O) groups excluding carboxylic acids is 1. The fourth-order valence-electron chi connectivity index (χ4n) is 3.26. The first-order chi connectivity index (χ1) is 13.4. The van der Waals surface area contributed by atoms with Gasteiger partial charge in [-0.05, 0) is 37.1 Å². The Hall–Kier alpha value is -3.42. The van der Waals surface area contributed by atoms with E-state index in [9.17, 15) is 14.9 Å². The van der Waals surface area contributed by atoms with Gasteiger partial charge in [-0.25, -0.2) is 4.98 Å². The number of imidazole rings is 1. The number of carbonyl (C=O) groups is 1. The highest BCUT2D eigenvalue weighted by Gasteiger charge is 2.26. The molecule has 28 heavy (non-hydrogen) atoms. The van der Waals surface area contributed by atoms with Crippen molar-refractivity contribution in [3.05, 3.63) is 64.0 Å². The van der Waals surface area contributed by atoms with Crippen LogP contribution in [0.4, 0.5) is 11.4 Å². The summed E-state index contributed by atoms with van der Waals surface area (Å²) in [5.74, 6) is 0.531. The molecular formula is C20H21N5O3. The van der Waals surface area contributed by atoms with Crippen LogP contribution < -0.4 is 10.2 Å². The van der Waals surface area contributed by atoms with E-state index in [0.29, 0.717) is 17.8 Å². The van der Waals surface area contributed by atoms with Crippen LogP contribution in [0.15, 0.2) is 42.5 Å². The first-order valence-electron chi connectivity index (χ1n) is 9.15. The molecular weight excluding hydrogens is 358 g/mol. The minimum absolute atomic E-state index is 0.0929. The quantitative estimate of drug-likeness (QED) is 0.525. The lowest BCUT2D eigenvalue weighted by Crippen LogP contribution is -2.26. The Morgan fingerprint density at radius 2 is 2.07 bits per heavy atom. The van der Waals surface area contributed by atoms with E-state index in [2.05, 4.69) is 10.3 Å². The van der Waals surface area contributed by atoms with E-state index in [0.717, 1.165) is 29.7 Å². The molecule has 8 heteroatoms. The van der Waals surface area contributed by atoms with Crippen molar-refractivity contribution >= 4 is 28.3 Å². The van der Waals surface area contributed by atoms with Crippen LogP contribution >= 0.6 is 0 Å². The lowest BCUT2D eigenvalue weighted by Gasteiger charge is -2.19. The first kappa shape index (κ1) is 18.0. The minimum atomic E-state index is -0.450. The lowest BCUT2D eigenvalue weighted by molar-refractivity contribution is -0.384. The molecule has 144 valence electrons. The maximum atomic E-state index is 12.2. The molecule has 0 atom stereocenters. The summed E-state index contributed by atoms with van der Waals surface area (Å²) in [6.45, 7) is 0.402. The maximum absolute atomic E-state index is 12.2. The van der Waals surface area contributed by atoms with E-state index in [4.69, 9.17) is 0 Å². The van der Waals surface area contributed by atoms with Crippen molar-refractivity contribution in [1.82, 2.24) is 14.9 Å². The van der Waals surface area contributed by atoms with E-state index in [1.807, 2.05) is 35.9 Å². The average molecular weight is 379 g/mol. The summed E-state index contributed by atoms with van der Waals surface area (Å²) < 4.78 is 1.98. The molecule has 0 aliphatic heterocycles. The number of nitro benzene ring substituents is 1. The molecule has 0 saturated heterocycles. The Labute approximate surface area is 161 Å². The van der Waals surface area contributed by atoms with Crippen LogP contribution in [0.1, 0.15) is 29.0 Å². The molecule has 0 unspecified atom stereocenters. The molecule has 1 heterocycles. The zero-order valence-electron chi connectivity index (χ0n) is 15.8. The summed E-state index contributed by atoms with van der Waals surface area (Å²) in [5.41, 5.74) is 2.55. The molecule has 4 rings (SSSR count). The van der Waals surface area contributed by atoms with Gasteiger partial charge in [0.15, 0.2) is 0 Å². The van der Waals surface area contributed by atoms with Crippen molar-refractivity contribution < 1.29 is 9.72 Å². The minimum Gasteiger partial charge on any atom is -0.362 e. The van der Waals surface area contributed by atoms with Crippen molar-refractivity contribution in [1.29, 1.82) is 0 Å². The molecule has 1 saturated carbocycles. The summed E-state index contributed by atoms with van der Waals surface area (Å²) >= 11 is 0. The molecule has 2 aromatic carbocycles. The Kier molecular flexibility index (Phi) is 4.46. The number of hydrogen-bond acceptors (Lipinski definition) is 5. The molecule has 1 aliphatic rings. The highest BCUT2D eigenvalue weighted by molar-refractivity contribution is 5.96. The number of fused-ring (bicyclic) bond motifs is 1. The number of hydrogen-bond donors (Lipinski definition) is 1. The lowest BCUT2D eigenvalue weighted by atomic mass is 10.1. The number of anilines is 1. The van der Waals surface area contributed by atoms with Gasteiger partial charge < -0.3 is 14.8 Å². The molecule has 0 radical (unpaired) electrons. The van der Waals surface area contributed by atoms with Crippen molar-refractivity contribution in [2.45, 2.75) is 25.4 Å². The number of nitrogens with one attached hydrogen (secondary N) is 1. The van der Waals surface area contributed by atoms with E-state index < -0.39 is 4.92 Å². The molecule has 1 aliphatic carbocycles. The van der Waals surface area contributed by atoms with Crippen LogP contribution in [-0.4, -0.2) is 33.5 Å². The van der Waals surface area contributed by atoms with Gasteiger partial charge in [-0.15, -0.1) is 0 Å². The van der Waals surface area contributed by atoms with Crippen molar-refractivity contribution in [2.75, 3.05) is 11.9 Å². The molecule has 8 nitrogen and oxygen atoms in total. The Bertz CT molecular complexity index is 1070. The summed E-state index contributed by atoms with van der Waals surface area (Å²) in [5, 5.41) is 14.5. The number of nitro groups is 1. The summed E-state index contributed by atoms with van der Waals surface area (Å²) in [4.78, 5) is 29.8. The van der Waals surface area contributed by atoms with Crippen LogP contribution in [-0.2, 0) is 13.6 Å². The molecule has 0 spiro atoms. The van der Waals surface area contributed by atoms with E-state index in [1.54, 1.807) is 24.1 Å². The van der Waals surface area contributed by atoms with Gasteiger partial charge in [-0.2, -0.15) is 0 Å². The van der Waals surface area contributed by atoms with Crippen LogP contribution in [0.25, 0.3) is 11.0 Å². The molecule has 1 fully saturated rings.